The van der Waals surface area contributed by atoms with Gasteiger partial charge >= 0.3 is 0 Å². The fourth-order valence-corrected chi connectivity index (χ4v) is 4.20. The highest BCUT2D eigenvalue weighted by Gasteiger charge is 2.31. The molecule has 0 bridgehead atoms. The smallest absolute Gasteiger partial charge is 0.254 e. The van der Waals surface area contributed by atoms with Crippen molar-refractivity contribution in [2.24, 2.45) is 0 Å². The average molecular weight is 315 g/mol. The first-order valence-electron chi connectivity index (χ1n) is 7.55. The second-order valence-corrected chi connectivity index (χ2v) is 6.54. The van der Waals surface area contributed by atoms with E-state index in [4.69, 9.17) is 9.47 Å². The standard InChI is InChI=1S/C17H17NO3S/c1-2-13-12-6-8-22-16(12)5-7-18(13)17(19)11-3-4-14-15(9-11)21-10-20-14/h3-4,6,8-9,13H,2,5,7,10H2,1H3/t13-/m0/s1. The highest BCUT2D eigenvalue weighted by molar-refractivity contribution is 7.10. The van der Waals surface area contributed by atoms with Gasteiger partial charge in [-0.05, 0) is 48.1 Å². The third kappa shape index (κ3) is 2.08. The van der Waals surface area contributed by atoms with Gasteiger partial charge in [0.1, 0.15) is 0 Å². The fraction of sp³-hybridized carbons (Fsp3) is 0.353. The number of benzene rings is 1. The lowest BCUT2D eigenvalue weighted by atomic mass is 9.97. The molecule has 2 aliphatic rings. The number of carbonyl (C=O) groups excluding carboxylic acids is 1. The summed E-state index contributed by atoms with van der Waals surface area (Å²) in [6.07, 6.45) is 1.87. The minimum atomic E-state index is 0.0713. The van der Waals surface area contributed by atoms with Gasteiger partial charge in [-0.1, -0.05) is 6.92 Å². The Labute approximate surface area is 133 Å². The van der Waals surface area contributed by atoms with Gasteiger partial charge in [0, 0.05) is 17.0 Å². The zero-order valence-electron chi connectivity index (χ0n) is 12.4. The lowest BCUT2D eigenvalue weighted by Gasteiger charge is -2.35. The van der Waals surface area contributed by atoms with Crippen molar-refractivity contribution in [1.29, 1.82) is 0 Å². The Balaban J connectivity index is 1.65. The van der Waals surface area contributed by atoms with Crippen molar-refractivity contribution >= 4 is 17.2 Å². The number of rotatable bonds is 2. The summed E-state index contributed by atoms with van der Waals surface area (Å²) in [7, 11) is 0. The van der Waals surface area contributed by atoms with Gasteiger partial charge in [0.15, 0.2) is 11.5 Å². The third-order valence-electron chi connectivity index (χ3n) is 4.36. The zero-order valence-corrected chi connectivity index (χ0v) is 13.2. The Bertz CT molecular complexity index is 724. The molecule has 1 aromatic heterocycles. The number of hydrogen-bond donors (Lipinski definition) is 0. The minimum Gasteiger partial charge on any atom is -0.454 e. The fourth-order valence-electron chi connectivity index (χ4n) is 3.28. The number of hydrogen-bond acceptors (Lipinski definition) is 4. The molecular weight excluding hydrogens is 298 g/mol. The van der Waals surface area contributed by atoms with Crippen molar-refractivity contribution in [3.63, 3.8) is 0 Å². The van der Waals surface area contributed by atoms with Gasteiger partial charge in [-0.15, -0.1) is 11.3 Å². The molecule has 1 amide bonds. The molecule has 0 unspecified atom stereocenters. The Morgan fingerprint density at radius 3 is 3.05 bits per heavy atom. The van der Waals surface area contributed by atoms with Crippen molar-refractivity contribution in [2.75, 3.05) is 13.3 Å². The van der Waals surface area contributed by atoms with E-state index in [0.29, 0.717) is 17.1 Å². The summed E-state index contributed by atoms with van der Waals surface area (Å²) in [4.78, 5) is 16.3. The molecule has 0 radical (unpaired) electrons. The van der Waals surface area contributed by atoms with Gasteiger partial charge < -0.3 is 14.4 Å². The highest BCUT2D eigenvalue weighted by atomic mass is 32.1. The number of carbonyl (C=O) groups is 1. The highest BCUT2D eigenvalue weighted by Crippen LogP contribution is 2.37. The quantitative estimate of drug-likeness (QED) is 0.849. The van der Waals surface area contributed by atoms with Crippen molar-refractivity contribution in [2.45, 2.75) is 25.8 Å². The maximum atomic E-state index is 12.9. The van der Waals surface area contributed by atoms with Crippen LogP contribution in [0.5, 0.6) is 11.5 Å². The summed E-state index contributed by atoms with van der Waals surface area (Å²) in [6, 6.07) is 7.77. The molecule has 3 heterocycles. The Morgan fingerprint density at radius 2 is 2.18 bits per heavy atom. The Hall–Kier alpha value is -2.01. The molecule has 0 spiro atoms. The molecule has 22 heavy (non-hydrogen) atoms. The molecule has 1 aromatic carbocycles. The normalized spacial score (nSPS) is 19.1. The van der Waals surface area contributed by atoms with E-state index in [1.807, 2.05) is 17.0 Å². The zero-order chi connectivity index (χ0) is 15.1. The first-order chi connectivity index (χ1) is 10.8. The number of ether oxygens (including phenoxy) is 2. The van der Waals surface area contributed by atoms with E-state index in [2.05, 4.69) is 18.4 Å². The van der Waals surface area contributed by atoms with Crippen LogP contribution in [0.1, 0.15) is 40.2 Å². The van der Waals surface area contributed by atoms with E-state index < -0.39 is 0 Å². The summed E-state index contributed by atoms with van der Waals surface area (Å²) in [5, 5.41) is 2.13. The van der Waals surface area contributed by atoms with Crippen molar-refractivity contribution in [3.05, 3.63) is 45.6 Å². The summed E-state index contributed by atoms with van der Waals surface area (Å²) in [5.74, 6) is 1.44. The van der Waals surface area contributed by atoms with Crippen LogP contribution >= 0.6 is 11.3 Å². The molecular formula is C17H17NO3S. The van der Waals surface area contributed by atoms with E-state index in [0.717, 1.165) is 19.4 Å². The summed E-state index contributed by atoms with van der Waals surface area (Å²) in [5.41, 5.74) is 1.98. The molecule has 0 saturated heterocycles. The van der Waals surface area contributed by atoms with Crippen molar-refractivity contribution in [3.8, 4) is 11.5 Å². The maximum Gasteiger partial charge on any atom is 0.254 e. The predicted molar refractivity (Wildman–Crippen MR) is 84.7 cm³/mol. The predicted octanol–water partition coefficient (Wildman–Crippen LogP) is 3.63. The molecule has 0 fully saturated rings. The minimum absolute atomic E-state index is 0.0713. The van der Waals surface area contributed by atoms with E-state index in [9.17, 15) is 4.79 Å². The van der Waals surface area contributed by atoms with Gasteiger partial charge in [0.25, 0.3) is 5.91 Å². The third-order valence-corrected chi connectivity index (χ3v) is 5.36. The van der Waals surface area contributed by atoms with Gasteiger partial charge in [0.05, 0.1) is 6.04 Å². The van der Waals surface area contributed by atoms with Crippen LogP contribution in [0.15, 0.2) is 29.6 Å². The van der Waals surface area contributed by atoms with Crippen LogP contribution in [0.3, 0.4) is 0 Å². The van der Waals surface area contributed by atoms with Crippen LogP contribution in [-0.4, -0.2) is 24.1 Å². The van der Waals surface area contributed by atoms with Gasteiger partial charge in [-0.2, -0.15) is 0 Å². The second-order valence-electron chi connectivity index (χ2n) is 5.54. The van der Waals surface area contributed by atoms with Crippen LogP contribution in [0.4, 0.5) is 0 Å². The summed E-state index contributed by atoms with van der Waals surface area (Å²) < 4.78 is 10.7. The van der Waals surface area contributed by atoms with Crippen LogP contribution < -0.4 is 9.47 Å². The molecule has 0 aliphatic carbocycles. The lowest BCUT2D eigenvalue weighted by Crippen LogP contribution is -2.39. The second kappa shape index (κ2) is 5.32. The van der Waals surface area contributed by atoms with E-state index in [1.54, 1.807) is 17.4 Å². The molecule has 4 rings (SSSR count). The number of amides is 1. The van der Waals surface area contributed by atoms with Crippen LogP contribution in [-0.2, 0) is 6.42 Å². The largest absolute Gasteiger partial charge is 0.454 e. The molecule has 4 nitrogen and oxygen atoms in total. The summed E-state index contributed by atoms with van der Waals surface area (Å²) >= 11 is 1.80. The molecule has 0 N–H and O–H groups in total. The molecule has 0 saturated carbocycles. The molecule has 114 valence electrons. The van der Waals surface area contributed by atoms with E-state index >= 15 is 0 Å². The first kappa shape index (κ1) is 13.6. The molecule has 2 aliphatic heterocycles. The van der Waals surface area contributed by atoms with E-state index in [1.165, 1.54) is 10.4 Å². The van der Waals surface area contributed by atoms with Crippen molar-refractivity contribution in [1.82, 2.24) is 4.90 Å². The number of thiophene rings is 1. The van der Waals surface area contributed by atoms with E-state index in [-0.39, 0.29) is 18.7 Å². The van der Waals surface area contributed by atoms with Gasteiger partial charge in [0.2, 0.25) is 6.79 Å². The molecule has 1 atom stereocenters. The van der Waals surface area contributed by atoms with Crippen LogP contribution in [0, 0.1) is 0 Å². The number of nitrogens with zero attached hydrogens (tertiary/aromatic N) is 1. The monoisotopic (exact) mass is 315 g/mol. The summed E-state index contributed by atoms with van der Waals surface area (Å²) in [6.45, 7) is 3.14. The average Bonchev–Trinajstić information content (AvgIpc) is 3.20. The van der Waals surface area contributed by atoms with Crippen LogP contribution in [0.2, 0.25) is 0 Å². The topological polar surface area (TPSA) is 38.8 Å². The Morgan fingerprint density at radius 1 is 1.32 bits per heavy atom. The Kier molecular flexibility index (Phi) is 3.30. The number of fused-ring (bicyclic) bond motifs is 2. The van der Waals surface area contributed by atoms with Crippen LogP contribution in [0.25, 0.3) is 0 Å². The molecule has 2 aromatic rings. The van der Waals surface area contributed by atoms with Gasteiger partial charge in [-0.25, -0.2) is 0 Å². The van der Waals surface area contributed by atoms with Gasteiger partial charge in [-0.3, -0.25) is 4.79 Å². The lowest BCUT2D eigenvalue weighted by molar-refractivity contribution is 0.0657. The SMILES string of the molecule is CC[C@H]1c2ccsc2CCN1C(=O)c1ccc2c(c1)OCO2. The maximum absolute atomic E-state index is 12.9. The van der Waals surface area contributed by atoms with Crippen molar-refractivity contribution < 1.29 is 14.3 Å². The molecule has 5 heteroatoms. The first-order valence-corrected chi connectivity index (χ1v) is 8.42.